The second kappa shape index (κ2) is 2.80. The Morgan fingerprint density at radius 1 is 1.43 bits per heavy atom. The van der Waals surface area contributed by atoms with Crippen molar-refractivity contribution in [3.8, 4) is 0 Å². The van der Waals surface area contributed by atoms with Crippen molar-refractivity contribution in [2.24, 2.45) is 0 Å². The lowest BCUT2D eigenvalue weighted by molar-refractivity contribution is -0.385. The number of hydrogen-bond donors (Lipinski definition) is 0. The lowest BCUT2D eigenvalue weighted by Crippen LogP contribution is -1.93. The van der Waals surface area contributed by atoms with E-state index < -0.39 is 4.92 Å². The van der Waals surface area contributed by atoms with Crippen LogP contribution < -0.4 is 0 Å². The van der Waals surface area contributed by atoms with Gasteiger partial charge in [0.05, 0.1) is 16.8 Å². The monoisotopic (exact) mass is 191 g/mol. The Kier molecular flexibility index (Phi) is 1.73. The van der Waals surface area contributed by atoms with Gasteiger partial charge in [-0.15, -0.1) is 0 Å². The molecule has 0 radical (unpaired) electrons. The molecular formula is C9H9N3O2. The Morgan fingerprint density at radius 2 is 2.14 bits per heavy atom. The van der Waals surface area contributed by atoms with Gasteiger partial charge in [-0.1, -0.05) is 0 Å². The van der Waals surface area contributed by atoms with Gasteiger partial charge in [0.1, 0.15) is 5.65 Å². The number of pyridine rings is 1. The highest BCUT2D eigenvalue weighted by Crippen LogP contribution is 2.16. The number of nitro groups is 1. The van der Waals surface area contributed by atoms with Gasteiger partial charge in [-0.05, 0) is 19.9 Å². The number of rotatable bonds is 1. The Bertz CT molecular complexity index is 516. The minimum absolute atomic E-state index is 0.0815. The predicted octanol–water partition coefficient (Wildman–Crippen LogP) is 1.86. The molecule has 72 valence electrons. The number of aromatic nitrogens is 2. The highest BCUT2D eigenvalue weighted by atomic mass is 16.6. The van der Waals surface area contributed by atoms with E-state index in [1.165, 1.54) is 12.3 Å². The first kappa shape index (κ1) is 8.68. The van der Waals surface area contributed by atoms with Crippen molar-refractivity contribution < 1.29 is 4.92 Å². The summed E-state index contributed by atoms with van der Waals surface area (Å²) in [6.45, 7) is 3.77. The molecule has 0 spiro atoms. The molecule has 14 heavy (non-hydrogen) atoms. The molecule has 0 aliphatic rings. The molecule has 5 nitrogen and oxygen atoms in total. The van der Waals surface area contributed by atoms with E-state index in [0.717, 1.165) is 17.0 Å². The number of nitrogens with zero attached hydrogens (tertiary/aromatic N) is 3. The molecule has 0 unspecified atom stereocenters. The van der Waals surface area contributed by atoms with Gasteiger partial charge in [0, 0.05) is 11.8 Å². The third-order valence-corrected chi connectivity index (χ3v) is 2.29. The summed E-state index contributed by atoms with van der Waals surface area (Å²) in [4.78, 5) is 14.4. The average Bonchev–Trinajstić information content (AvgIpc) is 2.43. The molecule has 0 aromatic carbocycles. The van der Waals surface area contributed by atoms with E-state index in [0.29, 0.717) is 0 Å². The van der Waals surface area contributed by atoms with Crippen molar-refractivity contribution in [2.75, 3.05) is 0 Å². The second-order valence-corrected chi connectivity index (χ2v) is 3.16. The molecule has 0 atom stereocenters. The van der Waals surface area contributed by atoms with Gasteiger partial charge in [-0.2, -0.15) is 0 Å². The standard InChI is InChI=1S/C9H9N3O2/c1-6-7(2)11-5-8(12(13)14)3-4-9(11)10-6/h3-5H,1-2H3. The van der Waals surface area contributed by atoms with Crippen LogP contribution in [0.1, 0.15) is 11.4 Å². The van der Waals surface area contributed by atoms with E-state index in [1.54, 1.807) is 10.5 Å². The van der Waals surface area contributed by atoms with Crippen LogP contribution in [0.25, 0.3) is 5.65 Å². The van der Waals surface area contributed by atoms with Crippen molar-refractivity contribution >= 4 is 11.3 Å². The van der Waals surface area contributed by atoms with Gasteiger partial charge >= 0.3 is 0 Å². The van der Waals surface area contributed by atoms with Gasteiger partial charge in [-0.3, -0.25) is 14.5 Å². The summed E-state index contributed by atoms with van der Waals surface area (Å²) in [5.41, 5.74) is 2.65. The molecule has 5 heteroatoms. The Labute approximate surface area is 80.2 Å². The van der Waals surface area contributed by atoms with E-state index in [4.69, 9.17) is 0 Å². The molecule has 0 N–H and O–H groups in total. The quantitative estimate of drug-likeness (QED) is 0.510. The number of hydrogen-bond acceptors (Lipinski definition) is 3. The fraction of sp³-hybridized carbons (Fsp3) is 0.222. The van der Waals surface area contributed by atoms with Gasteiger partial charge in [0.25, 0.3) is 5.69 Å². The van der Waals surface area contributed by atoms with E-state index in [1.807, 2.05) is 13.8 Å². The first-order chi connectivity index (χ1) is 6.59. The predicted molar refractivity (Wildman–Crippen MR) is 51.3 cm³/mol. The summed E-state index contributed by atoms with van der Waals surface area (Å²) in [6.07, 6.45) is 1.49. The smallest absolute Gasteiger partial charge is 0.286 e. The zero-order chi connectivity index (χ0) is 10.3. The van der Waals surface area contributed by atoms with Crippen molar-refractivity contribution in [1.29, 1.82) is 0 Å². The lowest BCUT2D eigenvalue weighted by atomic mass is 10.4. The molecule has 0 aliphatic carbocycles. The van der Waals surface area contributed by atoms with E-state index in [9.17, 15) is 10.1 Å². The van der Waals surface area contributed by atoms with Crippen LogP contribution in [0.2, 0.25) is 0 Å². The Morgan fingerprint density at radius 3 is 2.79 bits per heavy atom. The highest BCUT2D eigenvalue weighted by molar-refractivity contribution is 5.47. The van der Waals surface area contributed by atoms with Crippen molar-refractivity contribution in [2.45, 2.75) is 13.8 Å². The summed E-state index contributed by atoms with van der Waals surface area (Å²) in [6, 6.07) is 3.11. The zero-order valence-electron chi connectivity index (χ0n) is 7.89. The molecule has 0 saturated carbocycles. The van der Waals surface area contributed by atoms with Crippen LogP contribution >= 0.6 is 0 Å². The third-order valence-electron chi connectivity index (χ3n) is 2.29. The maximum atomic E-state index is 10.5. The van der Waals surface area contributed by atoms with Gasteiger partial charge in [0.2, 0.25) is 0 Å². The van der Waals surface area contributed by atoms with Gasteiger partial charge < -0.3 is 0 Å². The van der Waals surface area contributed by atoms with Gasteiger partial charge in [-0.25, -0.2) is 4.98 Å². The molecule has 0 fully saturated rings. The van der Waals surface area contributed by atoms with Crippen LogP contribution in [0.15, 0.2) is 18.3 Å². The first-order valence-corrected chi connectivity index (χ1v) is 4.19. The summed E-state index contributed by atoms with van der Waals surface area (Å²) in [5.74, 6) is 0. The Hall–Kier alpha value is -1.91. The Balaban J connectivity index is 2.76. The normalized spacial score (nSPS) is 10.7. The summed E-state index contributed by atoms with van der Waals surface area (Å²) < 4.78 is 1.73. The van der Waals surface area contributed by atoms with E-state index in [-0.39, 0.29) is 5.69 Å². The third kappa shape index (κ3) is 1.14. The summed E-state index contributed by atoms with van der Waals surface area (Å²) in [5, 5.41) is 10.5. The lowest BCUT2D eigenvalue weighted by Gasteiger charge is -1.95. The fourth-order valence-electron chi connectivity index (χ4n) is 1.38. The molecule has 2 aromatic rings. The van der Waals surface area contributed by atoms with Crippen LogP contribution in [0, 0.1) is 24.0 Å². The van der Waals surface area contributed by atoms with Crippen molar-refractivity contribution in [1.82, 2.24) is 9.38 Å². The number of imidazole rings is 1. The van der Waals surface area contributed by atoms with E-state index in [2.05, 4.69) is 4.98 Å². The molecular weight excluding hydrogens is 182 g/mol. The molecule has 0 aliphatic heterocycles. The molecule has 2 heterocycles. The minimum Gasteiger partial charge on any atom is -0.297 e. The largest absolute Gasteiger partial charge is 0.297 e. The maximum absolute atomic E-state index is 10.5. The van der Waals surface area contributed by atoms with E-state index >= 15 is 0 Å². The molecule has 0 bridgehead atoms. The summed E-state index contributed by atoms with van der Waals surface area (Å²) >= 11 is 0. The second-order valence-electron chi connectivity index (χ2n) is 3.16. The van der Waals surface area contributed by atoms with Crippen molar-refractivity contribution in [3.05, 3.63) is 39.8 Å². The minimum atomic E-state index is -0.409. The molecule has 0 saturated heterocycles. The van der Waals surface area contributed by atoms with Crippen LogP contribution in [0.3, 0.4) is 0 Å². The molecule has 2 rings (SSSR count). The fourth-order valence-corrected chi connectivity index (χ4v) is 1.38. The van der Waals surface area contributed by atoms with Crippen LogP contribution in [0.5, 0.6) is 0 Å². The van der Waals surface area contributed by atoms with Crippen molar-refractivity contribution in [3.63, 3.8) is 0 Å². The average molecular weight is 191 g/mol. The summed E-state index contributed by atoms with van der Waals surface area (Å²) in [7, 11) is 0. The number of fused-ring (bicyclic) bond motifs is 1. The first-order valence-electron chi connectivity index (χ1n) is 4.19. The van der Waals surface area contributed by atoms with Crippen LogP contribution in [-0.2, 0) is 0 Å². The molecule has 2 aromatic heterocycles. The SMILES string of the molecule is Cc1nc2ccc([N+](=O)[O-])cn2c1C. The van der Waals surface area contributed by atoms with Crippen LogP contribution in [-0.4, -0.2) is 14.3 Å². The zero-order valence-corrected chi connectivity index (χ0v) is 7.89. The van der Waals surface area contributed by atoms with Crippen LogP contribution in [0.4, 0.5) is 5.69 Å². The number of aryl methyl sites for hydroxylation is 2. The highest BCUT2D eigenvalue weighted by Gasteiger charge is 2.09. The maximum Gasteiger partial charge on any atom is 0.286 e. The topological polar surface area (TPSA) is 60.4 Å². The molecule has 0 amide bonds. The van der Waals surface area contributed by atoms with Gasteiger partial charge in [0.15, 0.2) is 0 Å².